The Labute approximate surface area is 119 Å². The van der Waals surface area contributed by atoms with E-state index in [-0.39, 0.29) is 11.7 Å². The number of hydrogen-bond acceptors (Lipinski definition) is 1. The van der Waals surface area contributed by atoms with E-state index < -0.39 is 0 Å². The van der Waals surface area contributed by atoms with Crippen LogP contribution in [-0.2, 0) is 0 Å². The molecular weight excluding hydrogens is 309 g/mol. The number of nitrogens with one attached hydrogen (secondary N) is 1. The number of hydrogen-bond donors (Lipinski definition) is 1. The van der Waals surface area contributed by atoms with Gasteiger partial charge in [0.05, 0.1) is 0 Å². The average Bonchev–Trinajstić information content (AvgIpc) is 2.31. The van der Waals surface area contributed by atoms with Gasteiger partial charge in [-0.3, -0.25) is 4.79 Å². The third kappa shape index (κ3) is 3.20. The molecule has 4 heteroatoms. The topological polar surface area (TPSA) is 29.1 Å². The standard InChI is InChI=1S/C15H13BrFNO/c1-9-6-11(17)8-12(7-9)18-15(19)13-4-3-5-14(16)10(13)2/h3-8H,1-2H3,(H,18,19). The lowest BCUT2D eigenvalue weighted by Gasteiger charge is -2.09. The van der Waals surface area contributed by atoms with Gasteiger partial charge < -0.3 is 5.32 Å². The van der Waals surface area contributed by atoms with Crippen LogP contribution in [0.15, 0.2) is 40.9 Å². The van der Waals surface area contributed by atoms with Crippen molar-refractivity contribution in [2.75, 3.05) is 5.32 Å². The van der Waals surface area contributed by atoms with Crippen molar-refractivity contribution >= 4 is 27.5 Å². The summed E-state index contributed by atoms with van der Waals surface area (Å²) < 4.78 is 14.1. The Balaban J connectivity index is 2.28. The number of carbonyl (C=O) groups is 1. The molecule has 2 aromatic carbocycles. The molecule has 1 N–H and O–H groups in total. The number of carbonyl (C=O) groups excluding carboxylic acids is 1. The zero-order valence-corrected chi connectivity index (χ0v) is 12.2. The summed E-state index contributed by atoms with van der Waals surface area (Å²) in [5.41, 5.74) is 2.65. The molecule has 0 atom stereocenters. The monoisotopic (exact) mass is 321 g/mol. The number of anilines is 1. The first-order valence-corrected chi connectivity index (χ1v) is 6.60. The molecule has 0 saturated carbocycles. The number of benzene rings is 2. The van der Waals surface area contributed by atoms with Crippen LogP contribution in [0.1, 0.15) is 21.5 Å². The molecule has 2 aromatic rings. The molecule has 0 spiro atoms. The highest BCUT2D eigenvalue weighted by atomic mass is 79.9. The van der Waals surface area contributed by atoms with Crippen LogP contribution in [0.25, 0.3) is 0 Å². The predicted octanol–water partition coefficient (Wildman–Crippen LogP) is 4.46. The molecule has 0 bridgehead atoms. The van der Waals surface area contributed by atoms with Crippen molar-refractivity contribution in [2.45, 2.75) is 13.8 Å². The van der Waals surface area contributed by atoms with Crippen LogP contribution in [0.2, 0.25) is 0 Å². The quantitative estimate of drug-likeness (QED) is 0.869. The molecule has 0 heterocycles. The van der Waals surface area contributed by atoms with Crippen LogP contribution in [-0.4, -0.2) is 5.91 Å². The minimum atomic E-state index is -0.360. The van der Waals surface area contributed by atoms with Crippen LogP contribution < -0.4 is 5.32 Å². The van der Waals surface area contributed by atoms with Gasteiger partial charge in [0, 0.05) is 15.7 Å². The van der Waals surface area contributed by atoms with Gasteiger partial charge >= 0.3 is 0 Å². The Bertz CT molecular complexity index is 620. The summed E-state index contributed by atoms with van der Waals surface area (Å²) in [6.45, 7) is 3.64. The second-order valence-corrected chi connectivity index (χ2v) is 5.24. The predicted molar refractivity (Wildman–Crippen MR) is 78.0 cm³/mol. The largest absolute Gasteiger partial charge is 0.322 e. The molecule has 0 aliphatic heterocycles. The van der Waals surface area contributed by atoms with Crippen LogP contribution in [0.5, 0.6) is 0 Å². The van der Waals surface area contributed by atoms with E-state index in [4.69, 9.17) is 0 Å². The van der Waals surface area contributed by atoms with Gasteiger partial charge in [-0.25, -0.2) is 4.39 Å². The molecule has 1 amide bonds. The normalized spacial score (nSPS) is 10.3. The molecule has 0 aromatic heterocycles. The summed E-state index contributed by atoms with van der Waals surface area (Å²) in [5, 5.41) is 2.71. The van der Waals surface area contributed by atoms with E-state index in [0.717, 1.165) is 15.6 Å². The van der Waals surface area contributed by atoms with Gasteiger partial charge in [0.15, 0.2) is 0 Å². The van der Waals surface area contributed by atoms with E-state index >= 15 is 0 Å². The van der Waals surface area contributed by atoms with Crippen LogP contribution in [0.3, 0.4) is 0 Å². The van der Waals surface area contributed by atoms with Gasteiger partial charge in [-0.1, -0.05) is 22.0 Å². The fourth-order valence-corrected chi connectivity index (χ4v) is 2.23. The van der Waals surface area contributed by atoms with Crippen LogP contribution in [0, 0.1) is 19.7 Å². The maximum Gasteiger partial charge on any atom is 0.255 e. The summed E-state index contributed by atoms with van der Waals surface area (Å²) >= 11 is 3.38. The highest BCUT2D eigenvalue weighted by Crippen LogP contribution is 2.21. The zero-order chi connectivity index (χ0) is 14.0. The van der Waals surface area contributed by atoms with E-state index in [1.807, 2.05) is 13.0 Å². The lowest BCUT2D eigenvalue weighted by molar-refractivity contribution is 0.102. The van der Waals surface area contributed by atoms with Gasteiger partial charge in [0.25, 0.3) is 5.91 Å². The summed E-state index contributed by atoms with van der Waals surface area (Å²) in [4.78, 5) is 12.2. The van der Waals surface area contributed by atoms with Crippen molar-refractivity contribution in [3.63, 3.8) is 0 Å². The molecule has 98 valence electrons. The third-order valence-electron chi connectivity index (χ3n) is 2.81. The zero-order valence-electron chi connectivity index (χ0n) is 10.6. The summed E-state index contributed by atoms with van der Waals surface area (Å²) in [6, 6.07) is 9.86. The first kappa shape index (κ1) is 13.7. The summed E-state index contributed by atoms with van der Waals surface area (Å²) in [6.07, 6.45) is 0. The van der Waals surface area contributed by atoms with Gasteiger partial charge in [0.2, 0.25) is 0 Å². The minimum Gasteiger partial charge on any atom is -0.322 e. The highest BCUT2D eigenvalue weighted by molar-refractivity contribution is 9.10. The van der Waals surface area contributed by atoms with Gasteiger partial charge in [-0.15, -0.1) is 0 Å². The van der Waals surface area contributed by atoms with Crippen molar-refractivity contribution < 1.29 is 9.18 Å². The summed E-state index contributed by atoms with van der Waals surface area (Å²) in [7, 11) is 0. The Hall–Kier alpha value is -1.68. The van der Waals surface area contributed by atoms with Crippen molar-refractivity contribution in [1.82, 2.24) is 0 Å². The first-order chi connectivity index (χ1) is 8.97. The summed E-state index contributed by atoms with van der Waals surface area (Å²) in [5.74, 6) is -0.606. The second-order valence-electron chi connectivity index (χ2n) is 4.38. The average molecular weight is 322 g/mol. The molecule has 0 aliphatic carbocycles. The van der Waals surface area contributed by atoms with E-state index in [9.17, 15) is 9.18 Å². The Morgan fingerprint density at radius 1 is 1.21 bits per heavy atom. The fourth-order valence-electron chi connectivity index (χ4n) is 1.86. The van der Waals surface area contributed by atoms with Crippen molar-refractivity contribution in [3.8, 4) is 0 Å². The lowest BCUT2D eigenvalue weighted by Crippen LogP contribution is -2.13. The van der Waals surface area contributed by atoms with Crippen LogP contribution in [0.4, 0.5) is 10.1 Å². The van der Waals surface area contributed by atoms with Crippen molar-refractivity contribution in [1.29, 1.82) is 0 Å². The molecule has 0 fully saturated rings. The first-order valence-electron chi connectivity index (χ1n) is 5.81. The van der Waals surface area contributed by atoms with E-state index in [2.05, 4.69) is 21.2 Å². The van der Waals surface area contributed by atoms with Crippen molar-refractivity contribution in [3.05, 3.63) is 63.4 Å². The molecule has 2 rings (SSSR count). The van der Waals surface area contributed by atoms with Crippen molar-refractivity contribution in [2.24, 2.45) is 0 Å². The molecule has 0 unspecified atom stereocenters. The molecule has 0 aliphatic rings. The van der Waals surface area contributed by atoms with Gasteiger partial charge in [0.1, 0.15) is 5.82 Å². The second kappa shape index (κ2) is 5.53. The number of aryl methyl sites for hydroxylation is 1. The van der Waals surface area contributed by atoms with Gasteiger partial charge in [-0.05, 0) is 55.3 Å². The molecule has 0 radical (unpaired) electrons. The Morgan fingerprint density at radius 2 is 1.95 bits per heavy atom. The van der Waals surface area contributed by atoms with Crippen LogP contribution >= 0.6 is 15.9 Å². The Morgan fingerprint density at radius 3 is 2.63 bits per heavy atom. The number of halogens is 2. The molecule has 19 heavy (non-hydrogen) atoms. The lowest BCUT2D eigenvalue weighted by atomic mass is 10.1. The Kier molecular flexibility index (Phi) is 4.00. The maximum absolute atomic E-state index is 13.3. The molecule has 2 nitrogen and oxygen atoms in total. The molecule has 0 saturated heterocycles. The van der Waals surface area contributed by atoms with E-state index in [0.29, 0.717) is 11.3 Å². The van der Waals surface area contributed by atoms with Gasteiger partial charge in [-0.2, -0.15) is 0 Å². The van der Waals surface area contributed by atoms with E-state index in [1.54, 1.807) is 25.1 Å². The van der Waals surface area contributed by atoms with E-state index in [1.165, 1.54) is 12.1 Å². The highest BCUT2D eigenvalue weighted by Gasteiger charge is 2.11. The minimum absolute atomic E-state index is 0.246. The SMILES string of the molecule is Cc1cc(F)cc(NC(=O)c2cccc(Br)c2C)c1. The third-order valence-corrected chi connectivity index (χ3v) is 3.67. The fraction of sp³-hybridized carbons (Fsp3) is 0.133. The number of amides is 1. The smallest absolute Gasteiger partial charge is 0.255 e. The molecular formula is C15H13BrFNO. The number of rotatable bonds is 2. The maximum atomic E-state index is 13.3.